The number of hydrogen-bond donors (Lipinski definition) is 1. The van der Waals surface area contributed by atoms with Gasteiger partial charge in [0.25, 0.3) is 0 Å². The molecule has 3 heteroatoms. The lowest BCUT2D eigenvalue weighted by Crippen LogP contribution is -2.30. The van der Waals surface area contributed by atoms with Crippen molar-refractivity contribution in [2.75, 3.05) is 13.2 Å². The first kappa shape index (κ1) is 10.0. The van der Waals surface area contributed by atoms with Crippen molar-refractivity contribution >= 4 is 11.8 Å². The number of nitrogens with two attached hydrogens (primary N) is 1. The molecule has 0 spiro atoms. The first-order valence-electron chi connectivity index (χ1n) is 4.86. The molecule has 1 atom stereocenters. The summed E-state index contributed by atoms with van der Waals surface area (Å²) in [6, 6.07) is 8.46. The van der Waals surface area contributed by atoms with Crippen molar-refractivity contribution in [2.24, 2.45) is 5.73 Å². The first-order valence-corrected chi connectivity index (χ1v) is 5.74. The van der Waals surface area contributed by atoms with Gasteiger partial charge in [0, 0.05) is 10.9 Å². The summed E-state index contributed by atoms with van der Waals surface area (Å²) >= 11 is 1.88. The van der Waals surface area contributed by atoms with Crippen molar-refractivity contribution in [3.63, 3.8) is 0 Å². The van der Waals surface area contributed by atoms with E-state index in [-0.39, 0.29) is 6.04 Å². The van der Waals surface area contributed by atoms with Gasteiger partial charge in [-0.15, -0.1) is 11.8 Å². The van der Waals surface area contributed by atoms with E-state index >= 15 is 0 Å². The summed E-state index contributed by atoms with van der Waals surface area (Å²) in [6.07, 6.45) is 0. The second-order valence-corrected chi connectivity index (χ2v) is 4.95. The molecule has 14 heavy (non-hydrogen) atoms. The SMILES string of the molecule is CC(N)c1ccccc1SC1COC1. The summed E-state index contributed by atoms with van der Waals surface area (Å²) in [5.41, 5.74) is 7.15. The van der Waals surface area contributed by atoms with Gasteiger partial charge < -0.3 is 10.5 Å². The van der Waals surface area contributed by atoms with Crippen LogP contribution in [0.1, 0.15) is 18.5 Å². The van der Waals surface area contributed by atoms with Crippen LogP contribution in [0.4, 0.5) is 0 Å². The molecule has 1 aromatic carbocycles. The summed E-state index contributed by atoms with van der Waals surface area (Å²) in [5.74, 6) is 0. The zero-order chi connectivity index (χ0) is 9.97. The van der Waals surface area contributed by atoms with Crippen LogP contribution in [0.3, 0.4) is 0 Å². The molecular weight excluding hydrogens is 194 g/mol. The molecule has 1 unspecified atom stereocenters. The highest BCUT2D eigenvalue weighted by Gasteiger charge is 2.21. The van der Waals surface area contributed by atoms with Gasteiger partial charge >= 0.3 is 0 Å². The van der Waals surface area contributed by atoms with E-state index in [1.807, 2.05) is 24.8 Å². The van der Waals surface area contributed by atoms with Gasteiger partial charge in [0.15, 0.2) is 0 Å². The zero-order valence-corrected chi connectivity index (χ0v) is 9.09. The normalized spacial score (nSPS) is 19.0. The minimum absolute atomic E-state index is 0.111. The Morgan fingerprint density at radius 1 is 1.43 bits per heavy atom. The van der Waals surface area contributed by atoms with E-state index in [0.29, 0.717) is 5.25 Å². The Morgan fingerprint density at radius 3 is 2.71 bits per heavy atom. The fourth-order valence-electron chi connectivity index (χ4n) is 1.43. The third-order valence-corrected chi connectivity index (χ3v) is 3.54. The lowest BCUT2D eigenvalue weighted by molar-refractivity contribution is 0.0455. The number of ether oxygens (including phenoxy) is 1. The van der Waals surface area contributed by atoms with E-state index in [1.165, 1.54) is 10.5 Å². The van der Waals surface area contributed by atoms with E-state index in [4.69, 9.17) is 10.5 Å². The van der Waals surface area contributed by atoms with Gasteiger partial charge in [-0.3, -0.25) is 0 Å². The van der Waals surface area contributed by atoms with Crippen LogP contribution in [0.25, 0.3) is 0 Å². The lowest BCUT2D eigenvalue weighted by atomic mass is 10.1. The molecule has 1 aromatic rings. The van der Waals surface area contributed by atoms with Gasteiger partial charge in [-0.05, 0) is 18.6 Å². The number of thioether (sulfide) groups is 1. The third kappa shape index (κ3) is 2.11. The van der Waals surface area contributed by atoms with E-state index in [9.17, 15) is 0 Å². The smallest absolute Gasteiger partial charge is 0.0611 e. The van der Waals surface area contributed by atoms with E-state index in [2.05, 4.69) is 18.2 Å². The molecule has 0 bridgehead atoms. The summed E-state index contributed by atoms with van der Waals surface area (Å²) < 4.78 is 5.16. The van der Waals surface area contributed by atoms with Gasteiger partial charge in [0.2, 0.25) is 0 Å². The molecule has 0 aliphatic carbocycles. The van der Waals surface area contributed by atoms with Crippen molar-refractivity contribution in [1.82, 2.24) is 0 Å². The molecule has 0 amide bonds. The molecule has 76 valence electrons. The molecule has 2 nitrogen and oxygen atoms in total. The van der Waals surface area contributed by atoms with Crippen LogP contribution in [0, 0.1) is 0 Å². The molecule has 1 fully saturated rings. The average molecular weight is 209 g/mol. The summed E-state index contributed by atoms with van der Waals surface area (Å²) in [4.78, 5) is 1.30. The number of rotatable bonds is 3. The Labute approximate surface area is 88.8 Å². The Bertz CT molecular complexity index is 310. The Hall–Kier alpha value is -0.510. The van der Waals surface area contributed by atoms with E-state index in [0.717, 1.165) is 13.2 Å². The van der Waals surface area contributed by atoms with Crippen LogP contribution >= 0.6 is 11.8 Å². The molecule has 1 heterocycles. The maximum absolute atomic E-state index is 5.91. The molecule has 1 saturated heterocycles. The van der Waals surface area contributed by atoms with Crippen LogP contribution in [0.2, 0.25) is 0 Å². The van der Waals surface area contributed by atoms with Crippen LogP contribution in [0.5, 0.6) is 0 Å². The average Bonchev–Trinajstić information content (AvgIpc) is 2.12. The molecule has 0 radical (unpaired) electrons. The minimum Gasteiger partial charge on any atom is -0.379 e. The molecular formula is C11H15NOS. The van der Waals surface area contributed by atoms with Gasteiger partial charge in [0.05, 0.1) is 18.5 Å². The highest BCUT2D eigenvalue weighted by atomic mass is 32.2. The van der Waals surface area contributed by atoms with Gasteiger partial charge in [0.1, 0.15) is 0 Å². The topological polar surface area (TPSA) is 35.2 Å². The quantitative estimate of drug-likeness (QED) is 0.829. The number of benzene rings is 1. The van der Waals surface area contributed by atoms with Crippen molar-refractivity contribution in [2.45, 2.75) is 23.1 Å². The summed E-state index contributed by atoms with van der Waals surface area (Å²) in [5, 5.41) is 0.620. The number of hydrogen-bond acceptors (Lipinski definition) is 3. The summed E-state index contributed by atoms with van der Waals surface area (Å²) in [6.45, 7) is 3.77. The van der Waals surface area contributed by atoms with Gasteiger partial charge in [-0.25, -0.2) is 0 Å². The minimum atomic E-state index is 0.111. The largest absolute Gasteiger partial charge is 0.379 e. The van der Waals surface area contributed by atoms with Gasteiger partial charge in [-0.1, -0.05) is 18.2 Å². The highest BCUT2D eigenvalue weighted by molar-refractivity contribution is 8.00. The molecule has 0 saturated carbocycles. The van der Waals surface area contributed by atoms with Crippen LogP contribution in [-0.2, 0) is 4.74 Å². The second kappa shape index (κ2) is 4.34. The molecule has 2 rings (SSSR count). The van der Waals surface area contributed by atoms with E-state index in [1.54, 1.807) is 0 Å². The van der Waals surface area contributed by atoms with Crippen molar-refractivity contribution < 1.29 is 4.74 Å². The fourth-order valence-corrected chi connectivity index (χ4v) is 2.66. The maximum Gasteiger partial charge on any atom is 0.0611 e. The Balaban J connectivity index is 2.13. The molecule has 2 N–H and O–H groups in total. The van der Waals surface area contributed by atoms with Crippen molar-refractivity contribution in [3.05, 3.63) is 29.8 Å². The van der Waals surface area contributed by atoms with Crippen molar-refractivity contribution in [1.29, 1.82) is 0 Å². The second-order valence-electron chi connectivity index (χ2n) is 3.60. The zero-order valence-electron chi connectivity index (χ0n) is 8.27. The molecule has 0 aromatic heterocycles. The third-order valence-electron chi connectivity index (χ3n) is 2.31. The maximum atomic E-state index is 5.91. The van der Waals surface area contributed by atoms with Crippen molar-refractivity contribution in [3.8, 4) is 0 Å². The molecule has 1 aliphatic heterocycles. The van der Waals surface area contributed by atoms with Crippen LogP contribution in [0.15, 0.2) is 29.2 Å². The first-order chi connectivity index (χ1) is 6.77. The lowest BCUT2D eigenvalue weighted by Gasteiger charge is -2.26. The highest BCUT2D eigenvalue weighted by Crippen LogP contribution is 2.32. The monoisotopic (exact) mass is 209 g/mol. The predicted octanol–water partition coefficient (Wildman–Crippen LogP) is 2.20. The van der Waals surface area contributed by atoms with E-state index < -0.39 is 0 Å². The Morgan fingerprint density at radius 2 is 2.14 bits per heavy atom. The predicted molar refractivity (Wildman–Crippen MR) is 59.5 cm³/mol. The standard InChI is InChI=1S/C11H15NOS/c1-8(12)10-4-2-3-5-11(10)14-9-6-13-7-9/h2-5,8-9H,6-7,12H2,1H3. The van der Waals surface area contributed by atoms with Crippen LogP contribution < -0.4 is 5.73 Å². The van der Waals surface area contributed by atoms with Gasteiger partial charge in [-0.2, -0.15) is 0 Å². The van der Waals surface area contributed by atoms with Crippen LogP contribution in [-0.4, -0.2) is 18.5 Å². The Kier molecular flexibility index (Phi) is 3.11. The molecule has 1 aliphatic rings. The summed E-state index contributed by atoms with van der Waals surface area (Å²) in [7, 11) is 0. The fraction of sp³-hybridized carbons (Fsp3) is 0.455.